The maximum absolute atomic E-state index is 12.8. The molecule has 0 bridgehead atoms. The molecule has 0 atom stereocenters. The monoisotopic (exact) mass is 421 g/mol. The minimum atomic E-state index is -3.82. The Labute approximate surface area is 174 Å². The number of benzene rings is 2. The molecule has 2 N–H and O–H groups in total. The summed E-state index contributed by atoms with van der Waals surface area (Å²) in [5.74, 6) is 0.937. The van der Waals surface area contributed by atoms with Crippen LogP contribution in [0.4, 0.5) is 11.6 Å². The molecule has 0 spiro atoms. The van der Waals surface area contributed by atoms with E-state index in [0.29, 0.717) is 29.3 Å². The minimum absolute atomic E-state index is 0.124. The van der Waals surface area contributed by atoms with E-state index in [-0.39, 0.29) is 10.7 Å². The van der Waals surface area contributed by atoms with Crippen molar-refractivity contribution in [3.63, 3.8) is 0 Å². The van der Waals surface area contributed by atoms with Gasteiger partial charge in [0, 0.05) is 18.8 Å². The molecule has 2 aromatic carbocycles. The van der Waals surface area contributed by atoms with Crippen LogP contribution in [0.2, 0.25) is 0 Å². The number of anilines is 2. The SMILES string of the molecule is COc1cc(CNc2nc3ccccc3nc2NS(=O)(=O)c2ccccc2)ccn1. The number of para-hydroxylation sites is 2. The molecule has 152 valence electrons. The fourth-order valence-corrected chi connectivity index (χ4v) is 3.87. The molecule has 0 radical (unpaired) electrons. The summed E-state index contributed by atoms with van der Waals surface area (Å²) < 4.78 is 33.3. The molecule has 0 aliphatic heterocycles. The quantitative estimate of drug-likeness (QED) is 0.471. The van der Waals surface area contributed by atoms with Gasteiger partial charge < -0.3 is 10.1 Å². The third-order valence-corrected chi connectivity index (χ3v) is 5.68. The zero-order valence-electron chi connectivity index (χ0n) is 16.1. The van der Waals surface area contributed by atoms with Crippen molar-refractivity contribution < 1.29 is 13.2 Å². The molecule has 2 heterocycles. The van der Waals surface area contributed by atoms with Crippen molar-refractivity contribution in [2.75, 3.05) is 17.1 Å². The van der Waals surface area contributed by atoms with Gasteiger partial charge in [-0.2, -0.15) is 0 Å². The Balaban J connectivity index is 1.68. The van der Waals surface area contributed by atoms with Crippen LogP contribution in [-0.4, -0.2) is 30.5 Å². The Bertz CT molecular complexity index is 1280. The molecule has 4 rings (SSSR count). The van der Waals surface area contributed by atoms with Crippen molar-refractivity contribution >= 4 is 32.7 Å². The number of hydrogen-bond acceptors (Lipinski definition) is 7. The highest BCUT2D eigenvalue weighted by Crippen LogP contribution is 2.25. The van der Waals surface area contributed by atoms with Gasteiger partial charge in [-0.15, -0.1) is 0 Å². The summed E-state index contributed by atoms with van der Waals surface area (Å²) >= 11 is 0. The van der Waals surface area contributed by atoms with Crippen molar-refractivity contribution in [2.45, 2.75) is 11.4 Å². The number of rotatable bonds is 7. The van der Waals surface area contributed by atoms with E-state index in [9.17, 15) is 8.42 Å². The lowest BCUT2D eigenvalue weighted by Gasteiger charge is -2.14. The first-order chi connectivity index (χ1) is 14.5. The number of aromatic nitrogens is 3. The average molecular weight is 421 g/mol. The largest absolute Gasteiger partial charge is 0.481 e. The van der Waals surface area contributed by atoms with Crippen molar-refractivity contribution in [1.82, 2.24) is 15.0 Å². The van der Waals surface area contributed by atoms with E-state index in [0.717, 1.165) is 5.56 Å². The standard InChI is InChI=1S/C21H19N5O3S/c1-29-19-13-15(11-12-22-19)14-23-20-21(25-18-10-6-5-9-17(18)24-20)26-30(27,28)16-7-3-2-4-8-16/h2-13H,14H2,1H3,(H,23,24)(H,25,26). The van der Waals surface area contributed by atoms with Gasteiger partial charge in [-0.3, -0.25) is 4.72 Å². The van der Waals surface area contributed by atoms with Gasteiger partial charge >= 0.3 is 0 Å². The Morgan fingerprint density at radius 3 is 2.27 bits per heavy atom. The smallest absolute Gasteiger partial charge is 0.263 e. The van der Waals surface area contributed by atoms with Crippen LogP contribution in [0, 0.1) is 0 Å². The second kappa shape index (κ2) is 8.34. The molecular formula is C21H19N5O3S. The molecule has 0 fully saturated rings. The third-order valence-electron chi connectivity index (χ3n) is 4.32. The first-order valence-electron chi connectivity index (χ1n) is 9.12. The van der Waals surface area contributed by atoms with Crippen molar-refractivity contribution in [1.29, 1.82) is 0 Å². The molecule has 9 heteroatoms. The molecule has 30 heavy (non-hydrogen) atoms. The molecule has 0 unspecified atom stereocenters. The number of fused-ring (bicyclic) bond motifs is 1. The van der Waals surface area contributed by atoms with Gasteiger partial charge in [0.25, 0.3) is 10.0 Å². The zero-order chi connectivity index (χ0) is 21.0. The van der Waals surface area contributed by atoms with Gasteiger partial charge in [0.2, 0.25) is 5.88 Å². The number of pyridine rings is 1. The third kappa shape index (κ3) is 4.31. The topological polar surface area (TPSA) is 106 Å². The van der Waals surface area contributed by atoms with Crippen LogP contribution in [0.5, 0.6) is 5.88 Å². The summed E-state index contributed by atoms with van der Waals surface area (Å²) in [7, 11) is -2.27. The molecule has 4 aromatic rings. The highest BCUT2D eigenvalue weighted by Gasteiger charge is 2.18. The molecule has 2 aromatic heterocycles. The Morgan fingerprint density at radius 1 is 0.900 bits per heavy atom. The fourth-order valence-electron chi connectivity index (χ4n) is 2.84. The lowest BCUT2D eigenvalue weighted by atomic mass is 10.2. The van der Waals surface area contributed by atoms with Gasteiger partial charge in [-0.1, -0.05) is 30.3 Å². The molecular weight excluding hydrogens is 402 g/mol. The normalized spacial score (nSPS) is 11.2. The van der Waals surface area contributed by atoms with E-state index in [4.69, 9.17) is 4.74 Å². The summed E-state index contributed by atoms with van der Waals surface area (Å²) in [4.78, 5) is 13.3. The number of hydrogen-bond donors (Lipinski definition) is 2. The molecule has 8 nitrogen and oxygen atoms in total. The van der Waals surface area contributed by atoms with E-state index < -0.39 is 10.0 Å². The van der Waals surface area contributed by atoms with Gasteiger partial charge in [0.1, 0.15) is 0 Å². The predicted octanol–water partition coefficient (Wildman–Crippen LogP) is 3.45. The van der Waals surface area contributed by atoms with Crippen LogP contribution < -0.4 is 14.8 Å². The van der Waals surface area contributed by atoms with E-state index in [1.807, 2.05) is 24.3 Å². The van der Waals surface area contributed by atoms with E-state index in [1.54, 1.807) is 43.6 Å². The van der Waals surface area contributed by atoms with E-state index in [2.05, 4.69) is 25.0 Å². The highest BCUT2D eigenvalue weighted by atomic mass is 32.2. The van der Waals surface area contributed by atoms with Gasteiger partial charge in [0.15, 0.2) is 11.6 Å². The lowest BCUT2D eigenvalue weighted by Crippen LogP contribution is -2.16. The Morgan fingerprint density at radius 2 is 1.57 bits per heavy atom. The summed E-state index contributed by atoms with van der Waals surface area (Å²) in [6, 6.07) is 19.0. The van der Waals surface area contributed by atoms with E-state index >= 15 is 0 Å². The number of sulfonamides is 1. The predicted molar refractivity (Wildman–Crippen MR) is 115 cm³/mol. The van der Waals surface area contributed by atoms with Crippen LogP contribution in [-0.2, 0) is 16.6 Å². The van der Waals surface area contributed by atoms with Crippen molar-refractivity contribution in [3.8, 4) is 5.88 Å². The van der Waals surface area contributed by atoms with Crippen molar-refractivity contribution in [3.05, 3.63) is 78.5 Å². The highest BCUT2D eigenvalue weighted by molar-refractivity contribution is 7.92. The molecule has 0 amide bonds. The first kappa shape index (κ1) is 19.6. The zero-order valence-corrected chi connectivity index (χ0v) is 16.9. The summed E-state index contributed by atoms with van der Waals surface area (Å²) in [6.07, 6.45) is 1.64. The average Bonchev–Trinajstić information content (AvgIpc) is 2.78. The summed E-state index contributed by atoms with van der Waals surface area (Å²) in [6.45, 7) is 0.381. The van der Waals surface area contributed by atoms with Crippen LogP contribution in [0.15, 0.2) is 77.8 Å². The lowest BCUT2D eigenvalue weighted by molar-refractivity contribution is 0.397. The van der Waals surface area contributed by atoms with E-state index in [1.165, 1.54) is 12.1 Å². The summed E-state index contributed by atoms with van der Waals surface area (Å²) in [5.41, 5.74) is 2.13. The Kier molecular flexibility index (Phi) is 5.44. The maximum atomic E-state index is 12.8. The molecule has 0 saturated heterocycles. The molecule has 0 saturated carbocycles. The number of nitrogens with one attached hydrogen (secondary N) is 2. The fraction of sp³-hybridized carbons (Fsp3) is 0.0952. The number of methoxy groups -OCH3 is 1. The van der Waals surface area contributed by atoms with Gasteiger partial charge in [0.05, 0.1) is 23.0 Å². The number of ether oxygens (including phenoxy) is 1. The maximum Gasteiger partial charge on any atom is 0.263 e. The molecule has 0 aliphatic rings. The second-order valence-electron chi connectivity index (χ2n) is 6.39. The van der Waals surface area contributed by atoms with Crippen molar-refractivity contribution in [2.24, 2.45) is 0 Å². The second-order valence-corrected chi connectivity index (χ2v) is 8.07. The van der Waals surface area contributed by atoms with Crippen LogP contribution in [0.3, 0.4) is 0 Å². The first-order valence-corrected chi connectivity index (χ1v) is 10.6. The van der Waals surface area contributed by atoms with Crippen LogP contribution >= 0.6 is 0 Å². The Hall–Kier alpha value is -3.72. The van der Waals surface area contributed by atoms with Gasteiger partial charge in [-0.25, -0.2) is 23.4 Å². The minimum Gasteiger partial charge on any atom is -0.481 e. The van der Waals surface area contributed by atoms with Crippen LogP contribution in [0.1, 0.15) is 5.56 Å². The molecule has 0 aliphatic carbocycles. The summed E-state index contributed by atoms with van der Waals surface area (Å²) in [5, 5.41) is 3.16. The van der Waals surface area contributed by atoms with Crippen LogP contribution in [0.25, 0.3) is 11.0 Å². The van der Waals surface area contributed by atoms with Gasteiger partial charge in [-0.05, 0) is 35.9 Å². The number of nitrogens with zero attached hydrogens (tertiary/aromatic N) is 3.